The maximum atomic E-state index is 13.2. The van der Waals surface area contributed by atoms with Crippen LogP contribution in [-0.2, 0) is 0 Å². The number of rotatable bonds is 7. The van der Waals surface area contributed by atoms with E-state index < -0.39 is 18.3 Å². The summed E-state index contributed by atoms with van der Waals surface area (Å²) < 4.78 is 54.5. The summed E-state index contributed by atoms with van der Waals surface area (Å²) in [5, 5.41) is 0. The Morgan fingerprint density at radius 2 is 1.83 bits per heavy atom. The molecule has 1 aromatic rings. The minimum Gasteiger partial charge on any atom is -0.429 e. The number of halogens is 4. The summed E-state index contributed by atoms with van der Waals surface area (Å²) in [7, 11) is 0. The Kier molecular flexibility index (Phi) is 6.01. The standard InChI is InChI=1S/C19H18F4O/c1-2-3-4-14-5-7-15(8-6-14)16-9-11-17(12-10-16)24-19(22,23)13-18(20)21/h2,5,7,9-13H,1,3-4,6,8H2. The largest absolute Gasteiger partial charge is 0.429 e. The first-order chi connectivity index (χ1) is 11.4. The van der Waals surface area contributed by atoms with Gasteiger partial charge in [-0.3, -0.25) is 0 Å². The molecular weight excluding hydrogens is 320 g/mol. The average molecular weight is 338 g/mol. The van der Waals surface area contributed by atoms with Crippen molar-refractivity contribution in [1.82, 2.24) is 0 Å². The molecule has 0 amide bonds. The van der Waals surface area contributed by atoms with Gasteiger partial charge in [-0.15, -0.1) is 6.58 Å². The van der Waals surface area contributed by atoms with Crippen molar-refractivity contribution in [2.24, 2.45) is 0 Å². The van der Waals surface area contributed by atoms with Gasteiger partial charge in [0.15, 0.2) is 0 Å². The molecule has 128 valence electrons. The highest BCUT2D eigenvalue weighted by atomic mass is 19.3. The molecule has 0 spiro atoms. The van der Waals surface area contributed by atoms with Gasteiger partial charge < -0.3 is 4.74 Å². The molecule has 0 unspecified atom stereocenters. The van der Waals surface area contributed by atoms with Crippen molar-refractivity contribution >= 4 is 5.57 Å². The molecule has 2 rings (SSSR count). The molecule has 0 bridgehead atoms. The predicted octanol–water partition coefficient (Wildman–Crippen LogP) is 6.51. The van der Waals surface area contributed by atoms with Gasteiger partial charge in [-0.05, 0) is 49.0 Å². The van der Waals surface area contributed by atoms with Crippen molar-refractivity contribution in [1.29, 1.82) is 0 Å². The first-order valence-electron chi connectivity index (χ1n) is 7.60. The zero-order valence-corrected chi connectivity index (χ0v) is 13.1. The van der Waals surface area contributed by atoms with Crippen LogP contribution < -0.4 is 4.74 Å². The number of ether oxygens (including phenoxy) is 1. The summed E-state index contributed by atoms with van der Waals surface area (Å²) in [6, 6.07) is 6.00. The summed E-state index contributed by atoms with van der Waals surface area (Å²) in [5.41, 5.74) is 3.36. The lowest BCUT2D eigenvalue weighted by Crippen LogP contribution is -2.21. The normalized spacial score (nSPS) is 14.5. The molecule has 1 aromatic carbocycles. The van der Waals surface area contributed by atoms with E-state index in [0.717, 1.165) is 36.8 Å². The lowest BCUT2D eigenvalue weighted by atomic mass is 9.91. The number of hydrogen-bond acceptors (Lipinski definition) is 1. The molecule has 0 saturated heterocycles. The maximum Gasteiger partial charge on any atom is 0.425 e. The van der Waals surface area contributed by atoms with Crippen LogP contribution in [0.1, 0.15) is 31.2 Å². The third-order valence-corrected chi connectivity index (χ3v) is 3.66. The van der Waals surface area contributed by atoms with Crippen LogP contribution in [0, 0.1) is 0 Å². The van der Waals surface area contributed by atoms with Gasteiger partial charge in [0, 0.05) is 0 Å². The molecule has 0 radical (unpaired) electrons. The van der Waals surface area contributed by atoms with Crippen LogP contribution in [0.15, 0.2) is 66.8 Å². The van der Waals surface area contributed by atoms with Gasteiger partial charge in [-0.25, -0.2) is 0 Å². The lowest BCUT2D eigenvalue weighted by molar-refractivity contribution is -0.133. The fraction of sp³-hybridized carbons (Fsp3) is 0.263. The van der Waals surface area contributed by atoms with Crippen molar-refractivity contribution in [3.05, 3.63) is 72.4 Å². The molecule has 0 saturated carbocycles. The molecule has 0 aliphatic heterocycles. The second-order valence-corrected chi connectivity index (χ2v) is 5.47. The molecule has 5 heteroatoms. The second kappa shape index (κ2) is 7.99. The van der Waals surface area contributed by atoms with Crippen molar-refractivity contribution in [2.75, 3.05) is 0 Å². The van der Waals surface area contributed by atoms with Gasteiger partial charge in [0.1, 0.15) is 5.75 Å². The highest BCUT2D eigenvalue weighted by molar-refractivity contribution is 5.69. The number of hydrogen-bond donors (Lipinski definition) is 0. The highest BCUT2D eigenvalue weighted by Gasteiger charge is 2.30. The van der Waals surface area contributed by atoms with Crippen LogP contribution in [-0.4, -0.2) is 6.11 Å². The minimum atomic E-state index is -4.03. The maximum absolute atomic E-state index is 13.2. The summed E-state index contributed by atoms with van der Waals surface area (Å²) in [5.74, 6) is -0.167. The van der Waals surface area contributed by atoms with E-state index in [-0.39, 0.29) is 5.75 Å². The van der Waals surface area contributed by atoms with Crippen LogP contribution in [0.2, 0.25) is 0 Å². The van der Waals surface area contributed by atoms with Gasteiger partial charge in [0.25, 0.3) is 6.08 Å². The van der Waals surface area contributed by atoms with Crippen molar-refractivity contribution < 1.29 is 22.3 Å². The Labute approximate surface area is 138 Å². The Balaban J connectivity index is 2.05. The Bertz CT molecular complexity index is 665. The van der Waals surface area contributed by atoms with Crippen LogP contribution in [0.5, 0.6) is 5.75 Å². The first kappa shape index (κ1) is 18.0. The molecule has 1 nitrogen and oxygen atoms in total. The topological polar surface area (TPSA) is 9.23 Å². The number of allylic oxidation sites excluding steroid dienone is 5. The molecule has 0 aromatic heterocycles. The summed E-state index contributed by atoms with van der Waals surface area (Å²) in [6.07, 6.45) is 2.72. The average Bonchev–Trinajstić information content (AvgIpc) is 2.52. The first-order valence-corrected chi connectivity index (χ1v) is 7.60. The van der Waals surface area contributed by atoms with Crippen LogP contribution in [0.4, 0.5) is 17.6 Å². The van der Waals surface area contributed by atoms with E-state index in [1.165, 1.54) is 17.7 Å². The number of benzene rings is 1. The predicted molar refractivity (Wildman–Crippen MR) is 87.0 cm³/mol. The van der Waals surface area contributed by atoms with E-state index in [1.807, 2.05) is 12.2 Å². The molecular formula is C19H18F4O. The molecule has 1 aliphatic carbocycles. The van der Waals surface area contributed by atoms with Gasteiger partial charge in [-0.2, -0.15) is 17.6 Å². The van der Waals surface area contributed by atoms with Gasteiger partial charge in [0.2, 0.25) is 0 Å². The molecule has 1 aliphatic rings. The molecule has 0 N–H and O–H groups in total. The van der Waals surface area contributed by atoms with E-state index >= 15 is 0 Å². The zero-order chi connectivity index (χ0) is 17.6. The van der Waals surface area contributed by atoms with E-state index in [1.54, 1.807) is 12.1 Å². The third-order valence-electron chi connectivity index (χ3n) is 3.66. The van der Waals surface area contributed by atoms with Gasteiger partial charge >= 0.3 is 6.11 Å². The van der Waals surface area contributed by atoms with Crippen molar-refractivity contribution in [3.8, 4) is 5.75 Å². The van der Waals surface area contributed by atoms with Crippen LogP contribution in [0.3, 0.4) is 0 Å². The third kappa shape index (κ3) is 5.41. The molecule has 0 fully saturated rings. The Hall–Kier alpha value is -2.30. The van der Waals surface area contributed by atoms with Gasteiger partial charge in [0.05, 0.1) is 6.08 Å². The zero-order valence-electron chi connectivity index (χ0n) is 13.1. The highest BCUT2D eigenvalue weighted by Crippen LogP contribution is 2.31. The van der Waals surface area contributed by atoms with E-state index in [9.17, 15) is 17.6 Å². The van der Waals surface area contributed by atoms with E-state index in [2.05, 4.69) is 17.4 Å². The van der Waals surface area contributed by atoms with E-state index in [4.69, 9.17) is 0 Å². The number of alkyl halides is 2. The fourth-order valence-electron chi connectivity index (χ4n) is 2.47. The smallest absolute Gasteiger partial charge is 0.425 e. The summed E-state index contributed by atoms with van der Waals surface area (Å²) in [4.78, 5) is 0. The van der Waals surface area contributed by atoms with Crippen molar-refractivity contribution in [3.63, 3.8) is 0 Å². The lowest BCUT2D eigenvalue weighted by Gasteiger charge is -2.16. The Morgan fingerprint density at radius 3 is 2.38 bits per heavy atom. The van der Waals surface area contributed by atoms with Crippen LogP contribution in [0.25, 0.3) is 5.57 Å². The minimum absolute atomic E-state index is 0.167. The summed E-state index contributed by atoms with van der Waals surface area (Å²) >= 11 is 0. The Morgan fingerprint density at radius 1 is 1.12 bits per heavy atom. The quantitative estimate of drug-likeness (QED) is 0.407. The second-order valence-electron chi connectivity index (χ2n) is 5.47. The van der Waals surface area contributed by atoms with Crippen LogP contribution >= 0.6 is 0 Å². The van der Waals surface area contributed by atoms with E-state index in [0.29, 0.717) is 0 Å². The van der Waals surface area contributed by atoms with Gasteiger partial charge in [-0.1, -0.05) is 35.9 Å². The molecule has 0 heterocycles. The summed E-state index contributed by atoms with van der Waals surface area (Å²) in [6.45, 7) is 3.70. The molecule has 0 atom stereocenters. The fourth-order valence-corrected chi connectivity index (χ4v) is 2.47. The monoisotopic (exact) mass is 338 g/mol. The van der Waals surface area contributed by atoms with Crippen molar-refractivity contribution in [2.45, 2.75) is 31.8 Å². The molecule has 24 heavy (non-hydrogen) atoms. The SMILES string of the molecule is C=CCCC1=CC=C(c2ccc(OC(F)(F)C=C(F)F)cc2)CC1.